The van der Waals surface area contributed by atoms with Gasteiger partial charge in [0.2, 0.25) is 0 Å². The van der Waals surface area contributed by atoms with Gasteiger partial charge in [-0.3, -0.25) is 0 Å². The van der Waals surface area contributed by atoms with Crippen LogP contribution in [0.4, 0.5) is 0 Å². The van der Waals surface area contributed by atoms with Crippen LogP contribution in [0.2, 0.25) is 0 Å². The molecule has 0 aliphatic rings. The number of aromatic carboxylic acids is 1. The molecule has 1 N–H and O–H groups in total. The number of ether oxygens (including phenoxy) is 1. The highest BCUT2D eigenvalue weighted by molar-refractivity contribution is 5.96. The lowest BCUT2D eigenvalue weighted by Crippen LogP contribution is -2.05. The first-order valence-corrected chi connectivity index (χ1v) is 6.58. The van der Waals surface area contributed by atoms with Gasteiger partial charge >= 0.3 is 5.97 Å². The van der Waals surface area contributed by atoms with E-state index in [1.807, 2.05) is 51.1 Å². The summed E-state index contributed by atoms with van der Waals surface area (Å²) in [6, 6.07) is 12.9. The molecule has 0 aromatic heterocycles. The zero-order valence-electron chi connectivity index (χ0n) is 11.9. The minimum absolute atomic E-state index is 0.0849. The average molecular weight is 270 g/mol. The average Bonchev–Trinajstić information content (AvgIpc) is 2.37. The summed E-state index contributed by atoms with van der Waals surface area (Å²) < 4.78 is 5.66. The second-order valence-electron chi connectivity index (χ2n) is 5.05. The quantitative estimate of drug-likeness (QED) is 0.907. The van der Waals surface area contributed by atoms with E-state index in [-0.39, 0.29) is 6.10 Å². The van der Waals surface area contributed by atoms with Crippen molar-refractivity contribution in [1.82, 2.24) is 0 Å². The first kappa shape index (κ1) is 14.1. The lowest BCUT2D eigenvalue weighted by molar-refractivity contribution is 0.0697. The van der Waals surface area contributed by atoms with Gasteiger partial charge in [-0.1, -0.05) is 29.8 Å². The van der Waals surface area contributed by atoms with E-state index in [2.05, 4.69) is 0 Å². The van der Waals surface area contributed by atoms with Crippen LogP contribution in [0.15, 0.2) is 42.5 Å². The minimum atomic E-state index is -0.921. The Bertz CT molecular complexity index is 630. The van der Waals surface area contributed by atoms with Crippen LogP contribution in [0.5, 0.6) is 5.75 Å². The van der Waals surface area contributed by atoms with E-state index in [0.29, 0.717) is 11.1 Å². The molecular formula is C17H18O3. The second kappa shape index (κ2) is 5.78. The number of rotatable bonds is 4. The Kier molecular flexibility index (Phi) is 4.08. The number of aryl methyl sites for hydroxylation is 1. The summed E-state index contributed by atoms with van der Waals surface area (Å²) in [5.74, 6) is -0.175. The molecule has 0 spiro atoms. The number of benzene rings is 2. The van der Waals surface area contributed by atoms with Crippen molar-refractivity contribution in [2.75, 3.05) is 0 Å². The molecule has 0 heterocycles. The van der Waals surface area contributed by atoms with E-state index < -0.39 is 5.97 Å². The topological polar surface area (TPSA) is 46.5 Å². The van der Waals surface area contributed by atoms with Crippen LogP contribution in [0.25, 0.3) is 11.1 Å². The Balaban J connectivity index is 2.50. The summed E-state index contributed by atoms with van der Waals surface area (Å²) >= 11 is 0. The summed E-state index contributed by atoms with van der Waals surface area (Å²) in [6.07, 6.45) is 0.0849. The molecule has 0 radical (unpaired) electrons. The number of hydrogen-bond acceptors (Lipinski definition) is 2. The summed E-state index contributed by atoms with van der Waals surface area (Å²) in [5, 5.41) is 9.30. The zero-order chi connectivity index (χ0) is 14.7. The van der Waals surface area contributed by atoms with Crippen LogP contribution in [-0.4, -0.2) is 17.2 Å². The van der Waals surface area contributed by atoms with Crippen molar-refractivity contribution in [2.45, 2.75) is 26.9 Å². The molecule has 0 saturated heterocycles. The van der Waals surface area contributed by atoms with Crippen molar-refractivity contribution in [2.24, 2.45) is 0 Å². The highest BCUT2D eigenvalue weighted by Crippen LogP contribution is 2.28. The summed E-state index contributed by atoms with van der Waals surface area (Å²) in [5.41, 5.74) is 2.90. The fraction of sp³-hybridized carbons (Fsp3) is 0.235. The fourth-order valence-electron chi connectivity index (χ4n) is 2.09. The Morgan fingerprint density at radius 3 is 2.55 bits per heavy atom. The SMILES string of the molecule is Cc1ccc(C(=O)O)c(-c2cccc(OC(C)C)c2)c1. The number of carbonyl (C=O) groups is 1. The van der Waals surface area contributed by atoms with E-state index in [1.165, 1.54) is 0 Å². The lowest BCUT2D eigenvalue weighted by atomic mass is 9.97. The summed E-state index contributed by atoms with van der Waals surface area (Å²) in [7, 11) is 0. The molecule has 0 unspecified atom stereocenters. The molecule has 0 bridgehead atoms. The number of carboxylic acid groups (broad SMARTS) is 1. The normalized spacial score (nSPS) is 10.6. The third kappa shape index (κ3) is 3.18. The molecule has 3 nitrogen and oxygen atoms in total. The highest BCUT2D eigenvalue weighted by atomic mass is 16.5. The van der Waals surface area contributed by atoms with Crippen LogP contribution in [-0.2, 0) is 0 Å². The van der Waals surface area contributed by atoms with Crippen LogP contribution < -0.4 is 4.74 Å². The lowest BCUT2D eigenvalue weighted by Gasteiger charge is -2.12. The Morgan fingerprint density at radius 1 is 1.15 bits per heavy atom. The molecule has 0 amide bonds. The molecule has 0 saturated carbocycles. The van der Waals surface area contributed by atoms with E-state index in [9.17, 15) is 9.90 Å². The van der Waals surface area contributed by atoms with Gasteiger partial charge in [0.15, 0.2) is 0 Å². The van der Waals surface area contributed by atoms with Crippen LogP contribution in [0.1, 0.15) is 29.8 Å². The number of carboxylic acids is 1. The maximum absolute atomic E-state index is 11.3. The maximum Gasteiger partial charge on any atom is 0.336 e. The van der Waals surface area contributed by atoms with Gasteiger partial charge < -0.3 is 9.84 Å². The molecule has 0 atom stereocenters. The minimum Gasteiger partial charge on any atom is -0.491 e. The summed E-state index contributed by atoms with van der Waals surface area (Å²) in [4.78, 5) is 11.3. The Labute approximate surface area is 118 Å². The van der Waals surface area contributed by atoms with Crippen LogP contribution in [0, 0.1) is 6.92 Å². The smallest absolute Gasteiger partial charge is 0.336 e. The third-order valence-electron chi connectivity index (χ3n) is 2.92. The van der Waals surface area contributed by atoms with E-state index in [4.69, 9.17) is 4.74 Å². The molecule has 2 rings (SSSR count). The van der Waals surface area contributed by atoms with Gasteiger partial charge in [-0.05, 0) is 50.1 Å². The third-order valence-corrected chi connectivity index (χ3v) is 2.92. The monoisotopic (exact) mass is 270 g/mol. The van der Waals surface area contributed by atoms with E-state index in [1.54, 1.807) is 12.1 Å². The Morgan fingerprint density at radius 2 is 1.90 bits per heavy atom. The van der Waals surface area contributed by atoms with Crippen molar-refractivity contribution in [3.8, 4) is 16.9 Å². The van der Waals surface area contributed by atoms with Crippen LogP contribution >= 0.6 is 0 Å². The van der Waals surface area contributed by atoms with Gasteiger partial charge in [0.1, 0.15) is 5.75 Å². The largest absolute Gasteiger partial charge is 0.491 e. The van der Waals surface area contributed by atoms with Gasteiger partial charge in [-0.2, -0.15) is 0 Å². The van der Waals surface area contributed by atoms with Gasteiger partial charge in [0, 0.05) is 0 Å². The maximum atomic E-state index is 11.3. The fourth-order valence-corrected chi connectivity index (χ4v) is 2.09. The van der Waals surface area contributed by atoms with Gasteiger partial charge in [-0.25, -0.2) is 4.79 Å². The standard InChI is InChI=1S/C17H18O3/c1-11(2)20-14-6-4-5-13(10-14)16-9-12(3)7-8-15(16)17(18)19/h4-11H,1-3H3,(H,18,19). The molecule has 0 fully saturated rings. The van der Waals surface area contributed by atoms with Gasteiger partial charge in [-0.15, -0.1) is 0 Å². The van der Waals surface area contributed by atoms with Crippen LogP contribution in [0.3, 0.4) is 0 Å². The Hall–Kier alpha value is -2.29. The summed E-state index contributed by atoms with van der Waals surface area (Å²) in [6.45, 7) is 5.87. The second-order valence-corrected chi connectivity index (χ2v) is 5.05. The molecular weight excluding hydrogens is 252 g/mol. The molecule has 104 valence electrons. The van der Waals surface area contributed by atoms with Crippen molar-refractivity contribution < 1.29 is 14.6 Å². The zero-order valence-corrected chi connectivity index (χ0v) is 11.9. The molecule has 3 heteroatoms. The highest BCUT2D eigenvalue weighted by Gasteiger charge is 2.12. The molecule has 2 aromatic rings. The van der Waals surface area contributed by atoms with Crippen molar-refractivity contribution in [3.05, 3.63) is 53.6 Å². The molecule has 0 aliphatic carbocycles. The predicted molar refractivity (Wildman–Crippen MR) is 79.3 cm³/mol. The number of hydrogen-bond donors (Lipinski definition) is 1. The van der Waals surface area contributed by atoms with Crippen molar-refractivity contribution in [1.29, 1.82) is 0 Å². The van der Waals surface area contributed by atoms with Gasteiger partial charge in [0.25, 0.3) is 0 Å². The van der Waals surface area contributed by atoms with Crippen molar-refractivity contribution >= 4 is 5.97 Å². The molecule has 20 heavy (non-hydrogen) atoms. The van der Waals surface area contributed by atoms with Gasteiger partial charge in [0.05, 0.1) is 11.7 Å². The van der Waals surface area contributed by atoms with E-state index in [0.717, 1.165) is 16.9 Å². The first-order chi connectivity index (χ1) is 9.47. The van der Waals surface area contributed by atoms with E-state index >= 15 is 0 Å². The predicted octanol–water partition coefficient (Wildman–Crippen LogP) is 4.15. The first-order valence-electron chi connectivity index (χ1n) is 6.58. The molecule has 0 aliphatic heterocycles. The van der Waals surface area contributed by atoms with Crippen molar-refractivity contribution in [3.63, 3.8) is 0 Å². The molecule has 2 aromatic carbocycles.